The highest BCUT2D eigenvalue weighted by atomic mass is 16.4. The van der Waals surface area contributed by atoms with Gasteiger partial charge >= 0.3 is 5.97 Å². The molecule has 0 aromatic heterocycles. The van der Waals surface area contributed by atoms with Gasteiger partial charge in [0, 0.05) is 26.6 Å². The normalized spacial score (nSPS) is 21.4. The molecule has 1 aliphatic carbocycles. The summed E-state index contributed by atoms with van der Waals surface area (Å²) in [6.07, 6.45) is 1.10. The van der Waals surface area contributed by atoms with Gasteiger partial charge in [0.25, 0.3) is 0 Å². The smallest absolute Gasteiger partial charge is 0.320 e. The quantitative estimate of drug-likeness (QED) is 0.767. The van der Waals surface area contributed by atoms with Gasteiger partial charge in [0.1, 0.15) is 6.04 Å². The first-order valence-corrected chi connectivity index (χ1v) is 7.75. The van der Waals surface area contributed by atoms with Crippen LogP contribution in [0.5, 0.6) is 0 Å². The molecule has 0 heterocycles. The van der Waals surface area contributed by atoms with Gasteiger partial charge in [-0.05, 0) is 30.7 Å². The van der Waals surface area contributed by atoms with E-state index < -0.39 is 12.0 Å². The van der Waals surface area contributed by atoms with E-state index in [1.54, 1.807) is 6.92 Å². The molecule has 1 aromatic rings. The molecular formula is C17H24N2O3. The molecule has 22 heavy (non-hydrogen) atoms. The zero-order valence-corrected chi connectivity index (χ0v) is 13.2. The Hall–Kier alpha value is -1.88. The van der Waals surface area contributed by atoms with Crippen molar-refractivity contribution in [3.63, 3.8) is 0 Å². The lowest BCUT2D eigenvalue weighted by Crippen LogP contribution is -2.44. The lowest BCUT2D eigenvalue weighted by molar-refractivity contribution is -0.142. The van der Waals surface area contributed by atoms with E-state index in [9.17, 15) is 14.7 Å². The number of benzene rings is 1. The fourth-order valence-corrected chi connectivity index (χ4v) is 2.83. The second-order valence-corrected chi connectivity index (χ2v) is 6.01. The standard InChI is InChI=1S/C17H24N2O3/c1-12(17(21)22)19(9-8-18-13(2)20)11-15-10-16(15)14-6-4-3-5-7-14/h3-7,12,15-16H,8-11H2,1-2H3,(H,18,20)(H,21,22)/t12?,15-,16-/m0/s1. The van der Waals surface area contributed by atoms with E-state index in [0.717, 1.165) is 13.0 Å². The summed E-state index contributed by atoms with van der Waals surface area (Å²) in [5.41, 5.74) is 1.33. The Balaban J connectivity index is 1.90. The molecule has 1 amide bonds. The minimum atomic E-state index is -0.820. The van der Waals surface area contributed by atoms with E-state index in [1.807, 2.05) is 23.1 Å². The van der Waals surface area contributed by atoms with Crippen LogP contribution in [0.25, 0.3) is 0 Å². The van der Waals surface area contributed by atoms with E-state index in [4.69, 9.17) is 0 Å². The number of carbonyl (C=O) groups is 2. The minimum Gasteiger partial charge on any atom is -0.480 e. The molecule has 0 spiro atoms. The van der Waals surface area contributed by atoms with E-state index in [-0.39, 0.29) is 5.91 Å². The van der Waals surface area contributed by atoms with Gasteiger partial charge in [-0.15, -0.1) is 0 Å². The average molecular weight is 304 g/mol. The molecule has 5 nitrogen and oxygen atoms in total. The first-order valence-electron chi connectivity index (χ1n) is 7.75. The number of carbonyl (C=O) groups excluding carboxylic acids is 1. The Kier molecular flexibility index (Phi) is 5.55. The van der Waals surface area contributed by atoms with Crippen LogP contribution in [0.2, 0.25) is 0 Å². The van der Waals surface area contributed by atoms with Gasteiger partial charge in [0.2, 0.25) is 5.91 Å². The largest absolute Gasteiger partial charge is 0.480 e. The number of amides is 1. The van der Waals surface area contributed by atoms with Crippen molar-refractivity contribution < 1.29 is 14.7 Å². The minimum absolute atomic E-state index is 0.0866. The molecule has 5 heteroatoms. The number of aliphatic carboxylic acids is 1. The second-order valence-electron chi connectivity index (χ2n) is 6.01. The molecule has 2 rings (SSSR count). The second kappa shape index (κ2) is 7.40. The average Bonchev–Trinajstić information content (AvgIpc) is 3.25. The number of hydrogen-bond donors (Lipinski definition) is 2. The molecular weight excluding hydrogens is 280 g/mol. The number of hydrogen-bond acceptors (Lipinski definition) is 3. The molecule has 3 atom stereocenters. The molecule has 0 saturated heterocycles. The first-order chi connectivity index (χ1) is 10.5. The maximum absolute atomic E-state index is 11.3. The number of rotatable bonds is 8. The van der Waals surface area contributed by atoms with E-state index >= 15 is 0 Å². The summed E-state index contributed by atoms with van der Waals surface area (Å²) in [6, 6.07) is 9.82. The van der Waals surface area contributed by atoms with Gasteiger partial charge in [-0.25, -0.2) is 0 Å². The third-order valence-corrected chi connectivity index (χ3v) is 4.30. The van der Waals surface area contributed by atoms with Crippen LogP contribution in [0.15, 0.2) is 30.3 Å². The zero-order chi connectivity index (χ0) is 16.1. The molecule has 120 valence electrons. The third kappa shape index (κ3) is 4.56. The predicted octanol–water partition coefficient (Wildman–Crippen LogP) is 1.70. The lowest BCUT2D eigenvalue weighted by Gasteiger charge is -2.26. The van der Waals surface area contributed by atoms with Gasteiger partial charge in [0.05, 0.1) is 0 Å². The van der Waals surface area contributed by atoms with E-state index in [1.165, 1.54) is 12.5 Å². The van der Waals surface area contributed by atoms with Crippen molar-refractivity contribution in [1.82, 2.24) is 10.2 Å². The Morgan fingerprint density at radius 3 is 2.64 bits per heavy atom. The van der Waals surface area contributed by atoms with Gasteiger partial charge in [-0.3, -0.25) is 14.5 Å². The molecule has 2 N–H and O–H groups in total. The topological polar surface area (TPSA) is 69.6 Å². The van der Waals surface area contributed by atoms with Crippen LogP contribution in [0, 0.1) is 5.92 Å². The Morgan fingerprint density at radius 1 is 1.36 bits per heavy atom. The summed E-state index contributed by atoms with van der Waals surface area (Å²) in [5, 5.41) is 12.0. The zero-order valence-electron chi connectivity index (χ0n) is 13.2. The Labute approximate surface area is 131 Å². The van der Waals surface area contributed by atoms with Gasteiger partial charge in [-0.2, -0.15) is 0 Å². The summed E-state index contributed by atoms with van der Waals surface area (Å²) < 4.78 is 0. The van der Waals surface area contributed by atoms with Crippen LogP contribution in [0.3, 0.4) is 0 Å². The van der Waals surface area contributed by atoms with E-state index in [0.29, 0.717) is 24.9 Å². The van der Waals surface area contributed by atoms with Crippen molar-refractivity contribution in [1.29, 1.82) is 0 Å². The van der Waals surface area contributed by atoms with Gasteiger partial charge < -0.3 is 10.4 Å². The third-order valence-electron chi connectivity index (χ3n) is 4.30. The number of carboxylic acids is 1. The highest BCUT2D eigenvalue weighted by Gasteiger charge is 2.40. The molecule has 0 aliphatic heterocycles. The Morgan fingerprint density at radius 2 is 2.05 bits per heavy atom. The van der Waals surface area contributed by atoms with Crippen molar-refractivity contribution in [2.24, 2.45) is 5.92 Å². The van der Waals surface area contributed by atoms with Crippen molar-refractivity contribution >= 4 is 11.9 Å². The molecule has 1 fully saturated rings. The fraction of sp³-hybridized carbons (Fsp3) is 0.529. The molecule has 1 aromatic carbocycles. The van der Waals surface area contributed by atoms with Crippen LogP contribution in [-0.2, 0) is 9.59 Å². The maximum Gasteiger partial charge on any atom is 0.320 e. The van der Waals surface area contributed by atoms with Crippen molar-refractivity contribution in [3.05, 3.63) is 35.9 Å². The fourth-order valence-electron chi connectivity index (χ4n) is 2.83. The number of carboxylic acid groups (broad SMARTS) is 1. The number of nitrogens with zero attached hydrogens (tertiary/aromatic N) is 1. The van der Waals surface area contributed by atoms with Crippen LogP contribution in [-0.4, -0.2) is 47.6 Å². The lowest BCUT2D eigenvalue weighted by atomic mass is 10.1. The number of nitrogens with one attached hydrogen (secondary N) is 1. The van der Waals surface area contributed by atoms with E-state index in [2.05, 4.69) is 17.4 Å². The molecule has 1 unspecified atom stereocenters. The van der Waals surface area contributed by atoms with Crippen LogP contribution in [0.4, 0.5) is 0 Å². The van der Waals surface area contributed by atoms with Crippen LogP contribution >= 0.6 is 0 Å². The molecule has 1 saturated carbocycles. The molecule has 1 aliphatic rings. The monoisotopic (exact) mass is 304 g/mol. The summed E-state index contributed by atoms with van der Waals surface area (Å²) in [6.45, 7) is 4.97. The van der Waals surface area contributed by atoms with Crippen molar-refractivity contribution in [2.45, 2.75) is 32.2 Å². The first kappa shape index (κ1) is 16.5. The predicted molar refractivity (Wildman–Crippen MR) is 84.6 cm³/mol. The SMILES string of the molecule is CC(=O)NCCN(C[C@@H]1C[C@H]1c1ccccc1)C(C)C(=O)O. The summed E-state index contributed by atoms with van der Waals surface area (Å²) in [5.74, 6) is 0.128. The maximum atomic E-state index is 11.3. The Bertz CT molecular complexity index is 518. The van der Waals surface area contributed by atoms with Gasteiger partial charge in [-0.1, -0.05) is 30.3 Å². The van der Waals surface area contributed by atoms with Crippen LogP contribution < -0.4 is 5.32 Å². The molecule has 0 radical (unpaired) electrons. The summed E-state index contributed by atoms with van der Waals surface area (Å²) in [7, 11) is 0. The van der Waals surface area contributed by atoms with Crippen molar-refractivity contribution in [3.8, 4) is 0 Å². The van der Waals surface area contributed by atoms with Crippen molar-refractivity contribution in [2.75, 3.05) is 19.6 Å². The van der Waals surface area contributed by atoms with Crippen LogP contribution in [0.1, 0.15) is 31.7 Å². The highest BCUT2D eigenvalue weighted by molar-refractivity contribution is 5.73. The summed E-state index contributed by atoms with van der Waals surface area (Å²) >= 11 is 0. The highest BCUT2D eigenvalue weighted by Crippen LogP contribution is 2.47. The molecule has 0 bridgehead atoms. The van der Waals surface area contributed by atoms with Gasteiger partial charge in [0.15, 0.2) is 0 Å². The summed E-state index contributed by atoms with van der Waals surface area (Å²) in [4.78, 5) is 24.2.